The minimum Gasteiger partial charge on any atom is -0.744 e. The van der Waals surface area contributed by atoms with E-state index in [0.29, 0.717) is 59.1 Å². The molecule has 4 aromatic carbocycles. The van der Waals surface area contributed by atoms with Crippen LogP contribution < -0.4 is 168 Å². The Morgan fingerprint density at radius 2 is 1.02 bits per heavy atom. The van der Waals surface area contributed by atoms with E-state index < -0.39 is 107 Å². The van der Waals surface area contributed by atoms with Crippen LogP contribution in [0.3, 0.4) is 0 Å². The molecule has 28 nitrogen and oxygen atoms in total. The molecule has 0 atom stereocenters. The molecule has 0 N–H and O–H groups in total. The van der Waals surface area contributed by atoms with Crippen LogP contribution in [-0.2, 0) is 85.5 Å². The molecule has 3 aliphatic heterocycles. The molecule has 0 bridgehead atoms. The van der Waals surface area contributed by atoms with Gasteiger partial charge in [-0.2, -0.15) is 4.57 Å². The number of carbonyl (C=O) groups is 6. The molecule has 6 heterocycles. The predicted octanol–water partition coefficient (Wildman–Crippen LogP) is -4.21. The largest absolute Gasteiger partial charge is 1.00 e. The van der Waals surface area contributed by atoms with Gasteiger partial charge < -0.3 is 50.8 Å². The zero-order valence-electron chi connectivity index (χ0n) is 45.6. The maximum absolute atomic E-state index is 12.5. The van der Waals surface area contributed by atoms with E-state index in [9.17, 15) is 80.6 Å². The van der Waals surface area contributed by atoms with E-state index in [1.54, 1.807) is 39.8 Å². The molecule has 2 saturated heterocycles. The molecule has 436 valence electrons. The number of ether oxygens (including phenoxy) is 1. The van der Waals surface area contributed by atoms with Gasteiger partial charge in [-0.05, 0) is 68.2 Å². The van der Waals surface area contributed by atoms with Gasteiger partial charge >= 0.3 is 172 Å². The number of benzene rings is 4. The number of aryl methyl sites for hydroxylation is 1. The zero-order valence-corrected chi connectivity index (χ0v) is 58.3. The van der Waals surface area contributed by atoms with Crippen molar-refractivity contribution < 1.29 is 267 Å². The molecule has 0 radical (unpaired) electrons. The van der Waals surface area contributed by atoms with Gasteiger partial charge in [-0.25, -0.2) is 43.3 Å². The summed E-state index contributed by atoms with van der Waals surface area (Å²) in [5, 5.41) is 0.675. The topological polar surface area (TPSA) is 412 Å². The van der Waals surface area contributed by atoms with Crippen LogP contribution in [0, 0.1) is 0 Å². The van der Waals surface area contributed by atoms with Crippen LogP contribution >= 0.6 is 0 Å². The first kappa shape index (κ1) is 70.0. The molecule has 3 aliphatic rings. The van der Waals surface area contributed by atoms with Crippen LogP contribution in [-0.4, -0.2) is 104 Å². The smallest absolute Gasteiger partial charge is 0.744 e. The van der Waals surface area contributed by atoms with Gasteiger partial charge in [0.25, 0.3) is 29.1 Å². The second-order valence-corrected chi connectivity index (χ2v) is 24.5. The number of furan rings is 2. The van der Waals surface area contributed by atoms with Crippen molar-refractivity contribution in [3.8, 4) is 5.75 Å². The average molecular weight is 1340 g/mol. The number of oxazole rings is 1. The summed E-state index contributed by atoms with van der Waals surface area (Å²) in [6.45, 7) is 0.395. The molecule has 10 rings (SSSR count). The van der Waals surface area contributed by atoms with E-state index in [-0.39, 0.29) is 274 Å². The quantitative estimate of drug-likeness (QED) is 0.0164. The van der Waals surface area contributed by atoms with Gasteiger partial charge in [0.1, 0.15) is 51.6 Å². The number of carbonyl (C=O) groups excluding carboxylic acids is 6. The van der Waals surface area contributed by atoms with Crippen molar-refractivity contribution in [2.45, 2.75) is 103 Å². The van der Waals surface area contributed by atoms with Gasteiger partial charge in [0.15, 0.2) is 23.5 Å². The van der Waals surface area contributed by atoms with Crippen molar-refractivity contribution in [3.63, 3.8) is 0 Å². The van der Waals surface area contributed by atoms with Gasteiger partial charge in [-0.3, -0.25) is 19.2 Å². The number of hydrogen-bond acceptors (Lipinski definition) is 25. The van der Waals surface area contributed by atoms with E-state index in [2.05, 4.69) is 0 Å². The van der Waals surface area contributed by atoms with Crippen LogP contribution in [0.2, 0.25) is 0 Å². The van der Waals surface area contributed by atoms with Crippen molar-refractivity contribution in [2.75, 3.05) is 11.4 Å². The van der Waals surface area contributed by atoms with Crippen molar-refractivity contribution in [1.29, 1.82) is 0 Å². The van der Waals surface area contributed by atoms with Crippen molar-refractivity contribution in [2.24, 2.45) is 0 Å². The van der Waals surface area contributed by atoms with E-state index in [1.165, 1.54) is 24.3 Å². The Morgan fingerprint density at radius 3 is 1.52 bits per heavy atom. The molecular formula is C51H41K3N4O24S4. The molecular weight excluding hydrogens is 1300 g/mol. The SMILES string of the molecule is O=C(CCCCCN1/C(=C/C=C/C=C/c2oc3cc4c(cc3[n+]2CCCCCC(=O)ON2C(=O)CCC2=O)oc2c(S(=O)(=O)[O-])cc(S(=O)(=O)[O-])cc24)Oc2cc3c(cc21)oc1c(S(=O)(=O)[O-])cc(S(=O)(=O)[O-])cc13)ON1C(=O)CCC1=O.[K+].[K+].[K+]. The molecule has 0 spiro atoms. The van der Waals surface area contributed by atoms with Crippen LogP contribution in [0.15, 0.2) is 112 Å². The summed E-state index contributed by atoms with van der Waals surface area (Å²) >= 11 is 0. The minimum absolute atomic E-state index is 0. The number of imide groups is 2. The Kier molecular flexibility index (Phi) is 22.8. The first-order valence-corrected chi connectivity index (χ1v) is 30.7. The Morgan fingerprint density at radius 1 is 0.535 bits per heavy atom. The minimum atomic E-state index is -5.38. The fourth-order valence-corrected chi connectivity index (χ4v) is 12.1. The Bertz CT molecular complexity index is 4520. The number of unbranched alkanes of at least 4 members (excludes halogenated alkanes) is 4. The monoisotopic (exact) mass is 1340 g/mol. The third-order valence-electron chi connectivity index (χ3n) is 13.5. The summed E-state index contributed by atoms with van der Waals surface area (Å²) in [5.41, 5.74) is -0.208. The standard InChI is InChI=1S/C51H44N4O24S4.3K/c56-42-14-15-43(57)54(42)78-48(60)12-6-2-8-18-52-34-26-36-30(32-20-28(80(62,63)64)22-40(50(32)76-36)82(68,69)70)24-38(34)74-46(52)10-4-1-5-11-47-53(19-9-3-7-13-49(61)79-55-44(58)16-17-45(55)59)35-27-37-31(25-39(35)75-47)33-21-29(81(65,66)67)23-41(51(33)77-37)83(71,72)73;;;/h1,4-5,10-11,20-27H,2-3,6-9,12-19H2,(H3-,62,63,64,65,66,67,68,69,70,71,72,73);;;/q;3*+1/p-3. The fraction of sp³-hybridized carbons (Fsp3) is 0.275. The van der Waals surface area contributed by atoms with E-state index in [0.717, 1.165) is 12.1 Å². The number of hydrogen-bond donors (Lipinski definition) is 0. The summed E-state index contributed by atoms with van der Waals surface area (Å²) in [4.78, 5) is 80.1. The molecule has 0 unspecified atom stereocenters. The van der Waals surface area contributed by atoms with Gasteiger partial charge in [-0.1, -0.05) is 24.6 Å². The molecule has 7 aromatic rings. The third kappa shape index (κ3) is 15.3. The summed E-state index contributed by atoms with van der Waals surface area (Å²) in [5.74, 6) is -3.57. The summed E-state index contributed by atoms with van der Waals surface area (Å²) < 4.78 is 172. The Hall–Kier alpha value is -3.46. The van der Waals surface area contributed by atoms with Gasteiger partial charge in [0.2, 0.25) is 11.5 Å². The Balaban J connectivity index is 0.00000353. The molecule has 35 heteroatoms. The average Bonchev–Trinajstić information content (AvgIpc) is 1.60. The zero-order chi connectivity index (χ0) is 59.5. The van der Waals surface area contributed by atoms with Gasteiger partial charge in [0.05, 0.1) is 37.4 Å². The maximum Gasteiger partial charge on any atom is 1.00 e. The number of rotatable bonds is 21. The number of hydroxylamine groups is 4. The number of nitrogens with zero attached hydrogens (tertiary/aromatic N) is 4. The van der Waals surface area contributed by atoms with Crippen molar-refractivity contribution >= 4 is 143 Å². The third-order valence-corrected chi connectivity index (χ3v) is 16.8. The van der Waals surface area contributed by atoms with Crippen LogP contribution in [0.25, 0.3) is 61.1 Å². The van der Waals surface area contributed by atoms with Gasteiger partial charge in [-0.15, -0.1) is 10.1 Å². The number of amides is 4. The first-order valence-electron chi connectivity index (χ1n) is 25.0. The maximum atomic E-state index is 12.5. The molecule has 0 aliphatic carbocycles. The molecule has 4 amide bonds. The number of aromatic nitrogens is 1. The first-order chi connectivity index (χ1) is 39.1. The van der Waals surface area contributed by atoms with Crippen LogP contribution in [0.4, 0.5) is 5.69 Å². The number of anilines is 1. The second-order valence-electron chi connectivity index (χ2n) is 19.1. The second kappa shape index (κ2) is 28.0. The molecule has 2 fully saturated rings. The van der Waals surface area contributed by atoms with Crippen LogP contribution in [0.1, 0.15) is 82.9 Å². The molecule has 3 aromatic heterocycles. The summed E-state index contributed by atoms with van der Waals surface area (Å²) in [6, 6.07) is 8.28. The number of fused-ring (bicyclic) bond motifs is 8. The molecule has 86 heavy (non-hydrogen) atoms. The number of allylic oxidation sites excluding steroid dienone is 4. The normalized spacial score (nSPS) is 15.5. The fourth-order valence-electron chi connectivity index (χ4n) is 9.58. The molecule has 0 saturated carbocycles. The van der Waals surface area contributed by atoms with Crippen molar-refractivity contribution in [3.05, 3.63) is 84.6 Å². The van der Waals surface area contributed by atoms with Crippen LogP contribution in [0.5, 0.6) is 5.75 Å². The Labute approximate surface area is 615 Å². The van der Waals surface area contributed by atoms with Crippen molar-refractivity contribution in [1.82, 2.24) is 10.1 Å². The summed E-state index contributed by atoms with van der Waals surface area (Å²) in [7, 11) is -21.3. The predicted molar refractivity (Wildman–Crippen MR) is 275 cm³/mol. The van der Waals surface area contributed by atoms with Gasteiger partial charge in [0, 0.05) is 79.1 Å². The summed E-state index contributed by atoms with van der Waals surface area (Å²) in [6.07, 6.45) is 9.32. The van der Waals surface area contributed by atoms with E-state index >= 15 is 0 Å². The van der Waals surface area contributed by atoms with E-state index in [1.807, 2.05) is 0 Å². The van der Waals surface area contributed by atoms with E-state index in [4.69, 9.17) is 27.7 Å².